The van der Waals surface area contributed by atoms with Gasteiger partial charge in [0.2, 0.25) is 5.88 Å². The van der Waals surface area contributed by atoms with Crippen molar-refractivity contribution in [3.8, 4) is 17.0 Å². The van der Waals surface area contributed by atoms with Crippen molar-refractivity contribution in [1.82, 2.24) is 9.88 Å². The van der Waals surface area contributed by atoms with E-state index in [2.05, 4.69) is 28.1 Å². The minimum Gasteiger partial charge on any atom is -0.481 e. The SMILES string of the molecule is COc1cc(-c2ccccc2)c2cc(C(O)(CCN(C)C)c3ccccc3)ccc2n1. The van der Waals surface area contributed by atoms with Gasteiger partial charge in [0.1, 0.15) is 5.60 Å². The van der Waals surface area contributed by atoms with E-state index in [-0.39, 0.29) is 0 Å². The molecule has 1 heterocycles. The summed E-state index contributed by atoms with van der Waals surface area (Å²) in [6, 6.07) is 28.1. The number of ether oxygens (including phenoxy) is 1. The summed E-state index contributed by atoms with van der Waals surface area (Å²) in [5.41, 5.74) is 3.60. The van der Waals surface area contributed by atoms with Crippen LogP contribution in [0.4, 0.5) is 0 Å². The minimum atomic E-state index is -1.10. The third-order valence-corrected chi connectivity index (χ3v) is 5.73. The van der Waals surface area contributed by atoms with Gasteiger partial charge in [-0.3, -0.25) is 0 Å². The van der Waals surface area contributed by atoms with E-state index < -0.39 is 5.60 Å². The van der Waals surface area contributed by atoms with Crippen LogP contribution in [-0.4, -0.2) is 42.7 Å². The first-order valence-corrected chi connectivity index (χ1v) is 10.5. The van der Waals surface area contributed by atoms with Gasteiger partial charge in [-0.25, -0.2) is 4.98 Å². The highest BCUT2D eigenvalue weighted by molar-refractivity contribution is 5.95. The molecule has 0 aliphatic carbocycles. The summed E-state index contributed by atoms with van der Waals surface area (Å²) < 4.78 is 5.45. The second kappa shape index (κ2) is 8.88. The van der Waals surface area contributed by atoms with Gasteiger partial charge < -0.3 is 14.7 Å². The molecule has 4 heteroatoms. The fourth-order valence-corrected chi connectivity index (χ4v) is 3.97. The molecule has 0 radical (unpaired) electrons. The van der Waals surface area contributed by atoms with E-state index in [1.807, 2.05) is 80.8 Å². The molecule has 158 valence electrons. The molecular weight excluding hydrogens is 384 g/mol. The fraction of sp³-hybridized carbons (Fsp3) is 0.222. The molecule has 0 fully saturated rings. The maximum absolute atomic E-state index is 12.0. The van der Waals surface area contributed by atoms with Gasteiger partial charge in [-0.2, -0.15) is 0 Å². The molecule has 4 nitrogen and oxygen atoms in total. The summed E-state index contributed by atoms with van der Waals surface area (Å²) in [6.07, 6.45) is 0.583. The van der Waals surface area contributed by atoms with E-state index in [4.69, 9.17) is 4.74 Å². The van der Waals surface area contributed by atoms with Crippen LogP contribution >= 0.6 is 0 Å². The van der Waals surface area contributed by atoms with Crippen molar-refractivity contribution in [3.05, 3.63) is 96.1 Å². The number of methoxy groups -OCH3 is 1. The standard InChI is InChI=1S/C27H28N2O2/c1-29(2)17-16-27(30,21-12-8-5-9-13-21)22-14-15-25-24(18-22)23(19-26(28-25)31-3)20-10-6-4-7-11-20/h4-15,18-19,30H,16-17H2,1-3H3. The third kappa shape index (κ3) is 4.31. The van der Waals surface area contributed by atoms with E-state index >= 15 is 0 Å². The average molecular weight is 413 g/mol. The zero-order valence-electron chi connectivity index (χ0n) is 18.2. The monoisotopic (exact) mass is 412 g/mol. The first kappa shape index (κ1) is 21.0. The number of fused-ring (bicyclic) bond motifs is 1. The molecule has 0 aliphatic rings. The number of rotatable bonds is 7. The second-order valence-corrected chi connectivity index (χ2v) is 8.09. The summed E-state index contributed by atoms with van der Waals surface area (Å²) in [5, 5.41) is 12.9. The van der Waals surface area contributed by atoms with Crippen LogP contribution in [0.25, 0.3) is 22.0 Å². The molecule has 4 aromatic rings. The Hall–Kier alpha value is -3.21. The molecule has 3 aromatic carbocycles. The molecule has 4 rings (SSSR count). The normalized spacial score (nSPS) is 13.3. The van der Waals surface area contributed by atoms with Crippen molar-refractivity contribution in [2.45, 2.75) is 12.0 Å². The quantitative estimate of drug-likeness (QED) is 0.459. The summed E-state index contributed by atoms with van der Waals surface area (Å²) in [4.78, 5) is 6.73. The zero-order chi connectivity index (χ0) is 21.8. The number of benzene rings is 3. The molecule has 0 saturated heterocycles. The predicted molar refractivity (Wildman–Crippen MR) is 126 cm³/mol. The number of pyridine rings is 1. The van der Waals surface area contributed by atoms with Crippen molar-refractivity contribution in [1.29, 1.82) is 0 Å². The number of aliphatic hydroxyl groups is 1. The maximum Gasteiger partial charge on any atom is 0.214 e. The minimum absolute atomic E-state index is 0.574. The molecule has 0 bridgehead atoms. The van der Waals surface area contributed by atoms with Crippen LogP contribution in [0, 0.1) is 0 Å². The molecule has 0 spiro atoms. The van der Waals surface area contributed by atoms with E-state index in [0.717, 1.165) is 39.7 Å². The second-order valence-electron chi connectivity index (χ2n) is 8.09. The maximum atomic E-state index is 12.0. The van der Waals surface area contributed by atoms with Gasteiger partial charge in [0.05, 0.1) is 12.6 Å². The average Bonchev–Trinajstić information content (AvgIpc) is 2.82. The molecule has 0 amide bonds. The Labute approximate surface area is 183 Å². The van der Waals surface area contributed by atoms with Gasteiger partial charge in [-0.1, -0.05) is 66.7 Å². The third-order valence-electron chi connectivity index (χ3n) is 5.73. The Bertz CT molecular complexity index is 1160. The molecule has 0 aliphatic heterocycles. The zero-order valence-corrected chi connectivity index (χ0v) is 18.2. The van der Waals surface area contributed by atoms with Gasteiger partial charge in [0, 0.05) is 18.0 Å². The van der Waals surface area contributed by atoms with Crippen molar-refractivity contribution < 1.29 is 9.84 Å². The number of aromatic nitrogens is 1. The van der Waals surface area contributed by atoms with Crippen molar-refractivity contribution in [2.24, 2.45) is 0 Å². The largest absolute Gasteiger partial charge is 0.481 e. The van der Waals surface area contributed by atoms with E-state index in [9.17, 15) is 5.11 Å². The van der Waals surface area contributed by atoms with Gasteiger partial charge in [-0.05, 0) is 54.9 Å². The van der Waals surface area contributed by atoms with Crippen molar-refractivity contribution in [3.63, 3.8) is 0 Å². The van der Waals surface area contributed by atoms with Crippen molar-refractivity contribution >= 4 is 10.9 Å². The van der Waals surface area contributed by atoms with Crippen LogP contribution in [0.5, 0.6) is 5.88 Å². The first-order valence-electron chi connectivity index (χ1n) is 10.5. The van der Waals surface area contributed by atoms with E-state index in [0.29, 0.717) is 12.3 Å². The number of hydrogen-bond donors (Lipinski definition) is 1. The highest BCUT2D eigenvalue weighted by Gasteiger charge is 2.32. The van der Waals surface area contributed by atoms with Crippen LogP contribution in [-0.2, 0) is 5.60 Å². The lowest BCUT2D eigenvalue weighted by Crippen LogP contribution is -2.31. The number of hydrogen-bond acceptors (Lipinski definition) is 4. The Balaban J connectivity index is 1.92. The van der Waals surface area contributed by atoms with Gasteiger partial charge in [-0.15, -0.1) is 0 Å². The van der Waals surface area contributed by atoms with Crippen LogP contribution < -0.4 is 4.74 Å². The molecule has 1 aromatic heterocycles. The van der Waals surface area contributed by atoms with Crippen LogP contribution in [0.2, 0.25) is 0 Å². The van der Waals surface area contributed by atoms with E-state index in [1.54, 1.807) is 7.11 Å². The fourth-order valence-electron chi connectivity index (χ4n) is 3.97. The molecular formula is C27H28N2O2. The van der Waals surface area contributed by atoms with Gasteiger partial charge in [0.25, 0.3) is 0 Å². The lowest BCUT2D eigenvalue weighted by Gasteiger charge is -2.31. The van der Waals surface area contributed by atoms with Gasteiger partial charge in [0.15, 0.2) is 0 Å². The van der Waals surface area contributed by atoms with Gasteiger partial charge >= 0.3 is 0 Å². The predicted octanol–water partition coefficient (Wildman–Crippen LogP) is 5.10. The highest BCUT2D eigenvalue weighted by atomic mass is 16.5. The Kier molecular flexibility index (Phi) is 6.03. The summed E-state index contributed by atoms with van der Waals surface area (Å²) in [7, 11) is 5.68. The Morgan fingerprint density at radius 3 is 2.19 bits per heavy atom. The molecule has 1 N–H and O–H groups in total. The smallest absolute Gasteiger partial charge is 0.214 e. The molecule has 1 unspecified atom stereocenters. The molecule has 0 saturated carbocycles. The summed E-state index contributed by atoms with van der Waals surface area (Å²) in [5.74, 6) is 0.574. The summed E-state index contributed by atoms with van der Waals surface area (Å²) in [6.45, 7) is 0.760. The molecule has 1 atom stereocenters. The number of nitrogens with zero attached hydrogens (tertiary/aromatic N) is 2. The lowest BCUT2D eigenvalue weighted by atomic mass is 9.82. The topological polar surface area (TPSA) is 45.6 Å². The summed E-state index contributed by atoms with van der Waals surface area (Å²) >= 11 is 0. The van der Waals surface area contributed by atoms with Crippen LogP contribution in [0.15, 0.2) is 84.9 Å². The van der Waals surface area contributed by atoms with Crippen LogP contribution in [0.1, 0.15) is 17.5 Å². The Morgan fingerprint density at radius 2 is 1.55 bits per heavy atom. The molecule has 31 heavy (non-hydrogen) atoms. The Morgan fingerprint density at radius 1 is 0.871 bits per heavy atom. The van der Waals surface area contributed by atoms with Crippen LogP contribution in [0.3, 0.4) is 0 Å². The van der Waals surface area contributed by atoms with Crippen molar-refractivity contribution in [2.75, 3.05) is 27.7 Å². The van der Waals surface area contributed by atoms with E-state index in [1.165, 1.54) is 0 Å². The first-order chi connectivity index (χ1) is 15.0. The lowest BCUT2D eigenvalue weighted by molar-refractivity contribution is 0.0630. The highest BCUT2D eigenvalue weighted by Crippen LogP contribution is 2.38.